The Morgan fingerprint density at radius 3 is 2.47 bits per heavy atom. The van der Waals surface area contributed by atoms with Gasteiger partial charge in [-0.2, -0.15) is 0 Å². The zero-order chi connectivity index (χ0) is 11.1. The first kappa shape index (κ1) is 11.1. The van der Waals surface area contributed by atoms with Crippen molar-refractivity contribution in [3.63, 3.8) is 0 Å². The molecular weight excluding hydrogens is 204 g/mol. The first-order chi connectivity index (χ1) is 7.00. The van der Waals surface area contributed by atoms with Crippen LogP contribution in [0.2, 0.25) is 0 Å². The second-order valence-electron chi connectivity index (χ2n) is 5.48. The summed E-state index contributed by atoms with van der Waals surface area (Å²) in [5, 5.41) is 1.29. The summed E-state index contributed by atoms with van der Waals surface area (Å²) in [5.41, 5.74) is 7.12. The molecule has 2 rings (SSSR count). The Balaban J connectivity index is 2.23. The summed E-state index contributed by atoms with van der Waals surface area (Å²) in [5.74, 6) is 0.912. The monoisotopic (exact) mass is 224 g/mol. The zero-order valence-corrected chi connectivity index (χ0v) is 10.7. The maximum absolute atomic E-state index is 5.78. The molecule has 3 heteroatoms. The van der Waals surface area contributed by atoms with Gasteiger partial charge in [-0.3, -0.25) is 0 Å². The lowest BCUT2D eigenvalue weighted by Crippen LogP contribution is -2.15. The van der Waals surface area contributed by atoms with Crippen LogP contribution in [0.4, 0.5) is 0 Å². The van der Waals surface area contributed by atoms with E-state index in [0.717, 1.165) is 5.92 Å². The van der Waals surface area contributed by atoms with E-state index in [1.807, 2.05) is 11.3 Å². The molecule has 1 saturated carbocycles. The second-order valence-corrected chi connectivity index (χ2v) is 6.65. The van der Waals surface area contributed by atoms with E-state index in [-0.39, 0.29) is 5.41 Å². The highest BCUT2D eigenvalue weighted by atomic mass is 32.1. The maximum Gasteiger partial charge on any atom is 0.0934 e. The fraction of sp³-hybridized carbons (Fsp3) is 0.750. The molecule has 1 fully saturated rings. The van der Waals surface area contributed by atoms with E-state index in [4.69, 9.17) is 10.7 Å². The molecule has 1 aliphatic rings. The molecule has 0 spiro atoms. The van der Waals surface area contributed by atoms with Gasteiger partial charge in [0.05, 0.1) is 10.7 Å². The van der Waals surface area contributed by atoms with Gasteiger partial charge in [0.2, 0.25) is 0 Å². The van der Waals surface area contributed by atoms with Gasteiger partial charge >= 0.3 is 0 Å². The lowest BCUT2D eigenvalue weighted by Gasteiger charge is -2.16. The maximum atomic E-state index is 5.78. The van der Waals surface area contributed by atoms with Crippen molar-refractivity contribution >= 4 is 11.3 Å². The molecule has 0 aromatic carbocycles. The molecule has 2 nitrogen and oxygen atoms in total. The lowest BCUT2D eigenvalue weighted by molar-refractivity contribution is 0.563. The summed E-state index contributed by atoms with van der Waals surface area (Å²) < 4.78 is 0. The SMILES string of the molecule is CC(C)(C)c1nc(CC2CC2)sc1CN. The number of nitrogens with zero attached hydrogens (tertiary/aromatic N) is 1. The Hall–Kier alpha value is -0.410. The van der Waals surface area contributed by atoms with Crippen molar-refractivity contribution in [3.05, 3.63) is 15.6 Å². The minimum atomic E-state index is 0.132. The molecule has 0 atom stereocenters. The highest BCUT2D eigenvalue weighted by molar-refractivity contribution is 7.11. The Morgan fingerprint density at radius 1 is 1.40 bits per heavy atom. The molecule has 84 valence electrons. The molecule has 15 heavy (non-hydrogen) atoms. The zero-order valence-electron chi connectivity index (χ0n) is 9.84. The highest BCUT2D eigenvalue weighted by Crippen LogP contribution is 2.36. The van der Waals surface area contributed by atoms with Gasteiger partial charge in [-0.05, 0) is 18.8 Å². The molecule has 1 aliphatic carbocycles. The summed E-state index contributed by atoms with van der Waals surface area (Å²) >= 11 is 1.82. The van der Waals surface area contributed by atoms with E-state index in [2.05, 4.69) is 20.8 Å². The molecule has 1 heterocycles. The highest BCUT2D eigenvalue weighted by Gasteiger charge is 2.26. The van der Waals surface area contributed by atoms with E-state index in [9.17, 15) is 0 Å². The number of hydrogen-bond donors (Lipinski definition) is 1. The number of rotatable bonds is 3. The first-order valence-corrected chi connectivity index (χ1v) is 6.51. The van der Waals surface area contributed by atoms with Crippen molar-refractivity contribution in [2.24, 2.45) is 11.7 Å². The van der Waals surface area contributed by atoms with Crippen molar-refractivity contribution in [1.29, 1.82) is 0 Å². The average molecular weight is 224 g/mol. The summed E-state index contributed by atoms with van der Waals surface area (Å²) in [6.07, 6.45) is 3.96. The van der Waals surface area contributed by atoms with Crippen LogP contribution < -0.4 is 5.73 Å². The second kappa shape index (κ2) is 3.87. The summed E-state index contributed by atoms with van der Waals surface area (Å²) in [7, 11) is 0. The van der Waals surface area contributed by atoms with Crippen LogP contribution in [0.5, 0.6) is 0 Å². The van der Waals surface area contributed by atoms with E-state index in [1.54, 1.807) is 0 Å². The van der Waals surface area contributed by atoms with E-state index < -0.39 is 0 Å². The van der Waals surface area contributed by atoms with Gasteiger partial charge in [0.1, 0.15) is 0 Å². The number of aromatic nitrogens is 1. The van der Waals surface area contributed by atoms with Gasteiger partial charge in [0, 0.05) is 23.3 Å². The molecule has 0 bridgehead atoms. The van der Waals surface area contributed by atoms with E-state index in [0.29, 0.717) is 6.54 Å². The normalized spacial score (nSPS) is 17.1. The summed E-state index contributed by atoms with van der Waals surface area (Å²) in [6, 6.07) is 0. The molecular formula is C12H20N2S. The fourth-order valence-corrected chi connectivity index (χ4v) is 3.05. The van der Waals surface area contributed by atoms with Crippen LogP contribution in [-0.2, 0) is 18.4 Å². The van der Waals surface area contributed by atoms with Gasteiger partial charge < -0.3 is 5.73 Å². The number of thiazole rings is 1. The van der Waals surface area contributed by atoms with Crippen LogP contribution in [-0.4, -0.2) is 4.98 Å². The van der Waals surface area contributed by atoms with Crippen LogP contribution in [0.3, 0.4) is 0 Å². The van der Waals surface area contributed by atoms with Crippen molar-refractivity contribution < 1.29 is 0 Å². The average Bonchev–Trinajstić information content (AvgIpc) is 2.81. The van der Waals surface area contributed by atoms with Gasteiger partial charge in [-0.15, -0.1) is 11.3 Å². The van der Waals surface area contributed by atoms with Crippen LogP contribution >= 0.6 is 11.3 Å². The summed E-state index contributed by atoms with van der Waals surface area (Å²) in [6.45, 7) is 7.27. The van der Waals surface area contributed by atoms with Crippen LogP contribution in [0, 0.1) is 5.92 Å². The minimum Gasteiger partial charge on any atom is -0.326 e. The summed E-state index contributed by atoms with van der Waals surface area (Å²) in [4.78, 5) is 6.05. The Labute approximate surface area is 95.9 Å². The first-order valence-electron chi connectivity index (χ1n) is 5.70. The Morgan fingerprint density at radius 2 is 2.07 bits per heavy atom. The van der Waals surface area contributed by atoms with Crippen molar-refractivity contribution in [2.45, 2.75) is 52.0 Å². The van der Waals surface area contributed by atoms with E-state index >= 15 is 0 Å². The van der Waals surface area contributed by atoms with Crippen LogP contribution in [0.15, 0.2) is 0 Å². The topological polar surface area (TPSA) is 38.9 Å². The molecule has 0 saturated heterocycles. The minimum absolute atomic E-state index is 0.132. The fourth-order valence-electron chi connectivity index (χ4n) is 1.78. The Bertz CT molecular complexity index is 345. The third-order valence-corrected chi connectivity index (χ3v) is 3.90. The molecule has 1 aromatic heterocycles. The van der Waals surface area contributed by atoms with E-state index in [1.165, 1.54) is 34.8 Å². The van der Waals surface area contributed by atoms with Crippen molar-refractivity contribution in [2.75, 3.05) is 0 Å². The standard InChI is InChI=1S/C12H20N2S/c1-12(2,3)11-9(7-13)15-10(14-11)6-8-4-5-8/h8H,4-7,13H2,1-3H3. The largest absolute Gasteiger partial charge is 0.326 e. The molecule has 0 amide bonds. The number of hydrogen-bond acceptors (Lipinski definition) is 3. The molecule has 0 unspecified atom stereocenters. The van der Waals surface area contributed by atoms with Gasteiger partial charge in [-0.1, -0.05) is 20.8 Å². The lowest BCUT2D eigenvalue weighted by atomic mass is 9.91. The third kappa shape index (κ3) is 2.58. The third-order valence-electron chi connectivity index (χ3n) is 2.80. The molecule has 0 aliphatic heterocycles. The van der Waals surface area contributed by atoms with Crippen LogP contribution in [0.1, 0.15) is 49.2 Å². The van der Waals surface area contributed by atoms with Gasteiger partial charge in [-0.25, -0.2) is 4.98 Å². The van der Waals surface area contributed by atoms with Gasteiger partial charge in [0.25, 0.3) is 0 Å². The van der Waals surface area contributed by atoms with Crippen LogP contribution in [0.25, 0.3) is 0 Å². The van der Waals surface area contributed by atoms with Gasteiger partial charge in [0.15, 0.2) is 0 Å². The molecule has 0 radical (unpaired) electrons. The quantitative estimate of drug-likeness (QED) is 0.857. The predicted octanol–water partition coefficient (Wildman–Crippen LogP) is 2.85. The predicted molar refractivity (Wildman–Crippen MR) is 65.1 cm³/mol. The number of nitrogens with two attached hydrogens (primary N) is 1. The molecule has 2 N–H and O–H groups in total. The molecule has 1 aromatic rings. The van der Waals surface area contributed by atoms with Crippen molar-refractivity contribution in [1.82, 2.24) is 4.98 Å². The van der Waals surface area contributed by atoms with Crippen molar-refractivity contribution in [3.8, 4) is 0 Å². The smallest absolute Gasteiger partial charge is 0.0934 e. The Kier molecular flexibility index (Phi) is 2.86.